The maximum Gasteiger partial charge on any atom is 0.226 e. The summed E-state index contributed by atoms with van der Waals surface area (Å²) in [6.45, 7) is 6.37. The van der Waals surface area contributed by atoms with Crippen molar-refractivity contribution in [3.63, 3.8) is 0 Å². The Balaban J connectivity index is 1.30. The van der Waals surface area contributed by atoms with Crippen LogP contribution in [0.3, 0.4) is 0 Å². The molecule has 2 aromatic carbocycles. The lowest BCUT2D eigenvalue weighted by atomic mass is 9.86. The van der Waals surface area contributed by atoms with Gasteiger partial charge in [-0.25, -0.2) is 0 Å². The Morgan fingerprint density at radius 2 is 1.72 bits per heavy atom. The second kappa shape index (κ2) is 8.60. The van der Waals surface area contributed by atoms with Crippen LogP contribution in [0.1, 0.15) is 46.1 Å². The van der Waals surface area contributed by atoms with Gasteiger partial charge in [-0.15, -0.1) is 15.3 Å². The maximum absolute atomic E-state index is 12.8. The average Bonchev–Trinajstić information content (AvgIpc) is 3.42. The van der Waals surface area contributed by atoms with Crippen LogP contribution in [-0.4, -0.2) is 35.5 Å². The van der Waals surface area contributed by atoms with Gasteiger partial charge in [0, 0.05) is 17.9 Å². The fourth-order valence-electron chi connectivity index (χ4n) is 4.64. The second-order valence-electron chi connectivity index (χ2n) is 9.12. The molecule has 5 aromatic rings. The Morgan fingerprint density at radius 3 is 2.50 bits per heavy atom. The molecule has 0 saturated heterocycles. The van der Waals surface area contributed by atoms with Gasteiger partial charge in [0.15, 0.2) is 17.3 Å². The number of carbonyl (C=O) groups is 1. The number of hydrogen-bond acceptors (Lipinski definition) is 6. The average molecular weight is 480 g/mol. The molecule has 0 aliphatic carbocycles. The third-order valence-electron chi connectivity index (χ3n) is 6.53. The first-order chi connectivity index (χ1) is 17.5. The minimum absolute atomic E-state index is 0.0603. The standard InChI is InChI=1S/C27H25N7O2/c1-16-4-6-19(7-5-16)15-36-21-10-8-20(9-11-21)22-14-25(35)28-27-26(22)17(2)31-34(27)24-13-12-23-30-29-18(3)33(23)32-24/h4-13,22H,14-15H2,1-3H3,(H,28,35)/t22-/m0/s1. The summed E-state index contributed by atoms with van der Waals surface area (Å²) < 4.78 is 9.32. The van der Waals surface area contributed by atoms with Gasteiger partial charge in [0.05, 0.1) is 5.69 Å². The van der Waals surface area contributed by atoms with Crippen molar-refractivity contribution in [1.82, 2.24) is 29.6 Å². The predicted molar refractivity (Wildman–Crippen MR) is 134 cm³/mol. The highest BCUT2D eigenvalue weighted by molar-refractivity contribution is 5.95. The number of ether oxygens (including phenoxy) is 1. The number of rotatable bonds is 5. The number of hydrogen-bond donors (Lipinski definition) is 1. The molecule has 0 spiro atoms. The normalized spacial score (nSPS) is 15.1. The van der Waals surface area contributed by atoms with E-state index in [2.05, 4.69) is 51.8 Å². The van der Waals surface area contributed by atoms with E-state index >= 15 is 0 Å². The van der Waals surface area contributed by atoms with Crippen LogP contribution in [0.25, 0.3) is 11.5 Å². The summed E-state index contributed by atoms with van der Waals surface area (Å²) in [5, 5.41) is 20.6. The summed E-state index contributed by atoms with van der Waals surface area (Å²) in [5.41, 5.74) is 5.87. The van der Waals surface area contributed by atoms with Crippen molar-refractivity contribution in [3.05, 3.63) is 94.4 Å². The van der Waals surface area contributed by atoms with Gasteiger partial charge in [-0.05, 0) is 56.2 Å². The summed E-state index contributed by atoms with van der Waals surface area (Å²) in [5.74, 6) is 2.51. The Labute approximate surface area is 207 Å². The summed E-state index contributed by atoms with van der Waals surface area (Å²) in [4.78, 5) is 12.8. The predicted octanol–water partition coefficient (Wildman–Crippen LogP) is 4.29. The first-order valence-electron chi connectivity index (χ1n) is 11.8. The zero-order chi connectivity index (χ0) is 24.8. The minimum atomic E-state index is -0.117. The van der Waals surface area contributed by atoms with Crippen LogP contribution in [-0.2, 0) is 11.4 Å². The van der Waals surface area contributed by atoms with E-state index in [1.165, 1.54) is 5.56 Å². The molecule has 0 fully saturated rings. The van der Waals surface area contributed by atoms with Gasteiger partial charge in [0.25, 0.3) is 0 Å². The molecular formula is C27H25N7O2. The number of nitrogens with zero attached hydrogens (tertiary/aromatic N) is 6. The molecule has 180 valence electrons. The van der Waals surface area contributed by atoms with Crippen LogP contribution >= 0.6 is 0 Å². The fraction of sp³-hybridized carbons (Fsp3) is 0.222. The molecule has 9 heteroatoms. The Hall–Kier alpha value is -4.53. The number of aryl methyl sites for hydroxylation is 3. The van der Waals surface area contributed by atoms with Gasteiger partial charge in [0.1, 0.15) is 18.2 Å². The molecule has 9 nitrogen and oxygen atoms in total. The molecule has 1 atom stereocenters. The number of nitrogens with one attached hydrogen (secondary N) is 1. The number of carbonyl (C=O) groups excluding carboxylic acids is 1. The molecule has 0 radical (unpaired) electrons. The Kier molecular flexibility index (Phi) is 5.25. The van der Waals surface area contributed by atoms with E-state index in [1.54, 1.807) is 9.20 Å². The van der Waals surface area contributed by atoms with Crippen LogP contribution in [0.2, 0.25) is 0 Å². The van der Waals surface area contributed by atoms with Gasteiger partial charge in [0.2, 0.25) is 5.91 Å². The topological polar surface area (TPSA) is 99.2 Å². The summed E-state index contributed by atoms with van der Waals surface area (Å²) >= 11 is 0. The summed E-state index contributed by atoms with van der Waals surface area (Å²) in [6.07, 6.45) is 0.347. The summed E-state index contributed by atoms with van der Waals surface area (Å²) in [6, 6.07) is 19.9. The summed E-state index contributed by atoms with van der Waals surface area (Å²) in [7, 11) is 0. The highest BCUT2D eigenvalue weighted by atomic mass is 16.5. The van der Waals surface area contributed by atoms with E-state index < -0.39 is 0 Å². The molecule has 0 unspecified atom stereocenters. The lowest BCUT2D eigenvalue weighted by molar-refractivity contribution is -0.116. The molecule has 0 bridgehead atoms. The van der Waals surface area contributed by atoms with E-state index in [-0.39, 0.29) is 11.8 Å². The molecule has 1 N–H and O–H groups in total. The molecule has 1 aliphatic heterocycles. The Bertz CT molecular complexity index is 1580. The quantitative estimate of drug-likeness (QED) is 0.404. The van der Waals surface area contributed by atoms with Gasteiger partial charge < -0.3 is 10.1 Å². The SMILES string of the molecule is Cc1ccc(COc2ccc([C@@H]3CC(=O)Nc4c3c(C)nn4-c3ccc4nnc(C)n4n3)cc2)cc1. The largest absolute Gasteiger partial charge is 0.489 e. The van der Waals surface area contributed by atoms with Crippen molar-refractivity contribution in [2.45, 2.75) is 39.7 Å². The van der Waals surface area contributed by atoms with Gasteiger partial charge in [-0.1, -0.05) is 42.0 Å². The van der Waals surface area contributed by atoms with Gasteiger partial charge in [-0.3, -0.25) is 4.79 Å². The number of benzene rings is 2. The van der Waals surface area contributed by atoms with Crippen LogP contribution in [0, 0.1) is 20.8 Å². The highest BCUT2D eigenvalue weighted by Crippen LogP contribution is 2.40. The zero-order valence-corrected chi connectivity index (χ0v) is 20.3. The van der Waals surface area contributed by atoms with Crippen molar-refractivity contribution < 1.29 is 9.53 Å². The van der Waals surface area contributed by atoms with Crippen molar-refractivity contribution in [2.24, 2.45) is 0 Å². The second-order valence-corrected chi connectivity index (χ2v) is 9.12. The van der Waals surface area contributed by atoms with Crippen LogP contribution in [0.15, 0.2) is 60.7 Å². The molecule has 1 aliphatic rings. The number of aromatic nitrogens is 6. The lowest BCUT2D eigenvalue weighted by Crippen LogP contribution is -2.25. The molecule has 3 aromatic heterocycles. The minimum Gasteiger partial charge on any atom is -0.489 e. The monoisotopic (exact) mass is 479 g/mol. The third kappa shape index (κ3) is 3.88. The molecule has 1 amide bonds. The fourth-order valence-corrected chi connectivity index (χ4v) is 4.64. The number of anilines is 1. The molecule has 6 rings (SSSR count). The van der Waals surface area contributed by atoms with Gasteiger partial charge >= 0.3 is 0 Å². The van der Waals surface area contributed by atoms with Crippen LogP contribution in [0.5, 0.6) is 5.75 Å². The smallest absolute Gasteiger partial charge is 0.226 e. The zero-order valence-electron chi connectivity index (χ0n) is 20.3. The molecule has 36 heavy (non-hydrogen) atoms. The van der Waals surface area contributed by atoms with Crippen molar-refractivity contribution in [2.75, 3.05) is 5.32 Å². The third-order valence-corrected chi connectivity index (χ3v) is 6.53. The van der Waals surface area contributed by atoms with Crippen LogP contribution in [0.4, 0.5) is 5.82 Å². The van der Waals surface area contributed by atoms with E-state index in [1.807, 2.05) is 50.2 Å². The van der Waals surface area contributed by atoms with Crippen molar-refractivity contribution >= 4 is 17.4 Å². The number of amides is 1. The van der Waals surface area contributed by atoms with Crippen molar-refractivity contribution in [1.29, 1.82) is 0 Å². The first-order valence-corrected chi connectivity index (χ1v) is 11.8. The van der Waals surface area contributed by atoms with Gasteiger partial charge in [-0.2, -0.15) is 14.3 Å². The molecular weight excluding hydrogens is 454 g/mol. The van der Waals surface area contributed by atoms with Crippen LogP contribution < -0.4 is 10.1 Å². The lowest BCUT2D eigenvalue weighted by Gasteiger charge is -2.24. The molecule has 0 saturated carbocycles. The van der Waals surface area contributed by atoms with E-state index in [0.29, 0.717) is 36.1 Å². The number of fused-ring (bicyclic) bond motifs is 2. The maximum atomic E-state index is 12.8. The Morgan fingerprint density at radius 1 is 0.944 bits per heavy atom. The highest BCUT2D eigenvalue weighted by Gasteiger charge is 2.33. The van der Waals surface area contributed by atoms with E-state index in [4.69, 9.17) is 9.84 Å². The van der Waals surface area contributed by atoms with Crippen molar-refractivity contribution in [3.8, 4) is 11.6 Å². The molecule has 4 heterocycles. The van der Waals surface area contributed by atoms with E-state index in [9.17, 15) is 4.79 Å². The first kappa shape index (κ1) is 22.0. The van der Waals surface area contributed by atoms with E-state index in [0.717, 1.165) is 28.1 Å².